The molecule has 0 aromatic carbocycles. The van der Waals surface area contributed by atoms with Crippen molar-refractivity contribution in [3.8, 4) is 6.07 Å². The van der Waals surface area contributed by atoms with E-state index >= 15 is 0 Å². The lowest BCUT2D eigenvalue weighted by atomic mass is 10.1. The van der Waals surface area contributed by atoms with E-state index in [1.165, 1.54) is 64.5 Å². The van der Waals surface area contributed by atoms with Gasteiger partial charge in [0.25, 0.3) is 0 Å². The van der Waals surface area contributed by atoms with E-state index in [0.717, 1.165) is 13.0 Å². The molecular formula is C16H32N2. The van der Waals surface area contributed by atoms with Crippen LogP contribution in [0.2, 0.25) is 0 Å². The second-order valence-electron chi connectivity index (χ2n) is 5.22. The molecule has 0 atom stereocenters. The minimum absolute atomic E-state index is 0.709. The second kappa shape index (κ2) is 14.5. The summed E-state index contributed by atoms with van der Waals surface area (Å²) in [4.78, 5) is 2.57. The van der Waals surface area contributed by atoms with Crippen molar-refractivity contribution in [2.45, 2.75) is 78.1 Å². The van der Waals surface area contributed by atoms with Crippen LogP contribution in [-0.2, 0) is 0 Å². The van der Waals surface area contributed by atoms with Gasteiger partial charge in [0, 0.05) is 6.42 Å². The molecule has 0 rings (SSSR count). The van der Waals surface area contributed by atoms with Crippen LogP contribution in [-0.4, -0.2) is 24.5 Å². The molecule has 0 fully saturated rings. The summed E-state index contributed by atoms with van der Waals surface area (Å²) in [7, 11) is 0. The van der Waals surface area contributed by atoms with Gasteiger partial charge >= 0.3 is 0 Å². The third-order valence-corrected chi connectivity index (χ3v) is 3.42. The van der Waals surface area contributed by atoms with Crippen molar-refractivity contribution in [3.63, 3.8) is 0 Å². The Morgan fingerprint density at radius 2 is 1.22 bits per heavy atom. The fourth-order valence-corrected chi connectivity index (χ4v) is 2.24. The molecule has 0 amide bonds. The highest BCUT2D eigenvalue weighted by atomic mass is 15.1. The Kier molecular flexibility index (Phi) is 14.1. The molecule has 0 unspecified atom stereocenters. The van der Waals surface area contributed by atoms with Crippen molar-refractivity contribution >= 4 is 0 Å². The summed E-state index contributed by atoms with van der Waals surface area (Å²) in [5.74, 6) is 0. The Bertz CT molecular complexity index is 184. The zero-order chi connectivity index (χ0) is 13.5. The number of nitrogens with zero attached hydrogens (tertiary/aromatic N) is 2. The van der Waals surface area contributed by atoms with Gasteiger partial charge < -0.3 is 4.90 Å². The highest BCUT2D eigenvalue weighted by Gasteiger charge is 2.04. The topological polar surface area (TPSA) is 27.0 Å². The summed E-state index contributed by atoms with van der Waals surface area (Å²) in [5, 5.41) is 8.60. The Morgan fingerprint density at radius 1 is 0.722 bits per heavy atom. The third-order valence-electron chi connectivity index (χ3n) is 3.42. The first-order chi connectivity index (χ1) is 8.85. The van der Waals surface area contributed by atoms with Crippen molar-refractivity contribution < 1.29 is 0 Å². The molecule has 2 nitrogen and oxygen atoms in total. The van der Waals surface area contributed by atoms with Crippen LogP contribution < -0.4 is 0 Å². The van der Waals surface area contributed by atoms with Gasteiger partial charge in [0.2, 0.25) is 0 Å². The van der Waals surface area contributed by atoms with Crippen LogP contribution in [0.1, 0.15) is 78.1 Å². The molecule has 0 aromatic rings. The van der Waals surface area contributed by atoms with Gasteiger partial charge in [-0.05, 0) is 38.9 Å². The van der Waals surface area contributed by atoms with Gasteiger partial charge in [-0.1, -0.05) is 52.4 Å². The highest BCUT2D eigenvalue weighted by molar-refractivity contribution is 4.70. The molecule has 0 N–H and O–H groups in total. The van der Waals surface area contributed by atoms with Gasteiger partial charge in [-0.3, -0.25) is 0 Å². The lowest BCUT2D eigenvalue weighted by Crippen LogP contribution is -2.27. The Morgan fingerprint density at radius 3 is 1.67 bits per heavy atom. The van der Waals surface area contributed by atoms with Gasteiger partial charge in [-0.2, -0.15) is 5.26 Å². The first-order valence-electron chi connectivity index (χ1n) is 7.94. The molecular weight excluding hydrogens is 220 g/mol. The van der Waals surface area contributed by atoms with E-state index in [0.29, 0.717) is 6.42 Å². The third kappa shape index (κ3) is 11.9. The number of unbranched alkanes of at least 4 members (excludes halogenated alkanes) is 7. The van der Waals surface area contributed by atoms with Crippen LogP contribution in [0.25, 0.3) is 0 Å². The van der Waals surface area contributed by atoms with E-state index in [4.69, 9.17) is 5.26 Å². The van der Waals surface area contributed by atoms with E-state index in [1.54, 1.807) is 0 Å². The molecule has 0 aliphatic carbocycles. The SMILES string of the molecule is CCCCCCN(CCCC#N)CCCCCC. The van der Waals surface area contributed by atoms with E-state index in [9.17, 15) is 0 Å². The van der Waals surface area contributed by atoms with Crippen molar-refractivity contribution in [1.29, 1.82) is 5.26 Å². The van der Waals surface area contributed by atoms with E-state index in [1.807, 2.05) is 0 Å². The first-order valence-corrected chi connectivity index (χ1v) is 7.94. The van der Waals surface area contributed by atoms with Crippen molar-refractivity contribution in [3.05, 3.63) is 0 Å². The maximum Gasteiger partial charge on any atom is 0.0622 e. The molecule has 0 aliphatic rings. The maximum atomic E-state index is 8.60. The minimum atomic E-state index is 0.709. The van der Waals surface area contributed by atoms with Crippen molar-refractivity contribution in [1.82, 2.24) is 4.90 Å². The van der Waals surface area contributed by atoms with Crippen LogP contribution in [0.4, 0.5) is 0 Å². The monoisotopic (exact) mass is 252 g/mol. The average Bonchev–Trinajstić information content (AvgIpc) is 2.39. The van der Waals surface area contributed by atoms with Crippen LogP contribution >= 0.6 is 0 Å². The number of hydrogen-bond acceptors (Lipinski definition) is 2. The molecule has 0 spiro atoms. The van der Waals surface area contributed by atoms with Gasteiger partial charge in [-0.15, -0.1) is 0 Å². The molecule has 0 saturated carbocycles. The zero-order valence-electron chi connectivity index (χ0n) is 12.6. The summed E-state index contributed by atoms with van der Waals surface area (Å²) >= 11 is 0. The number of rotatable bonds is 13. The second-order valence-corrected chi connectivity index (χ2v) is 5.22. The summed E-state index contributed by atoms with van der Waals surface area (Å²) in [6.45, 7) is 8.10. The standard InChI is InChI=1S/C16H32N2/c1-3-5-7-10-14-18(16-12-9-13-17)15-11-8-6-4-2/h3-12,14-16H2,1-2H3. The Balaban J connectivity index is 3.66. The fourth-order valence-electron chi connectivity index (χ4n) is 2.24. The zero-order valence-corrected chi connectivity index (χ0v) is 12.6. The lowest BCUT2D eigenvalue weighted by Gasteiger charge is -2.21. The molecule has 0 aliphatic heterocycles. The van der Waals surface area contributed by atoms with Crippen molar-refractivity contribution in [2.24, 2.45) is 0 Å². The fraction of sp³-hybridized carbons (Fsp3) is 0.938. The van der Waals surface area contributed by atoms with Gasteiger partial charge in [0.05, 0.1) is 6.07 Å². The quantitative estimate of drug-likeness (QED) is 0.442. The molecule has 0 radical (unpaired) electrons. The predicted molar refractivity (Wildman–Crippen MR) is 79.6 cm³/mol. The van der Waals surface area contributed by atoms with E-state index in [2.05, 4.69) is 24.8 Å². The van der Waals surface area contributed by atoms with Gasteiger partial charge in [0.15, 0.2) is 0 Å². The lowest BCUT2D eigenvalue weighted by molar-refractivity contribution is 0.258. The number of nitriles is 1. The smallest absolute Gasteiger partial charge is 0.0622 e. The molecule has 0 bridgehead atoms. The van der Waals surface area contributed by atoms with E-state index < -0.39 is 0 Å². The molecule has 106 valence electrons. The van der Waals surface area contributed by atoms with Gasteiger partial charge in [0.1, 0.15) is 0 Å². The Hall–Kier alpha value is -0.550. The summed E-state index contributed by atoms with van der Waals surface area (Å²) in [6, 6.07) is 2.25. The molecule has 2 heteroatoms. The van der Waals surface area contributed by atoms with E-state index in [-0.39, 0.29) is 0 Å². The highest BCUT2D eigenvalue weighted by Crippen LogP contribution is 2.06. The first kappa shape index (κ1) is 17.4. The molecule has 0 heterocycles. The normalized spacial score (nSPS) is 10.8. The maximum absolute atomic E-state index is 8.60. The average molecular weight is 252 g/mol. The predicted octanol–water partition coefficient (Wildman–Crippen LogP) is 4.75. The largest absolute Gasteiger partial charge is 0.303 e. The summed E-state index contributed by atoms with van der Waals surface area (Å²) in [6.07, 6.45) is 12.5. The van der Waals surface area contributed by atoms with Crippen LogP contribution in [0.3, 0.4) is 0 Å². The number of hydrogen-bond donors (Lipinski definition) is 0. The van der Waals surface area contributed by atoms with Crippen LogP contribution in [0, 0.1) is 11.3 Å². The van der Waals surface area contributed by atoms with Gasteiger partial charge in [-0.25, -0.2) is 0 Å². The van der Waals surface area contributed by atoms with Crippen molar-refractivity contribution in [2.75, 3.05) is 19.6 Å². The van der Waals surface area contributed by atoms with Crippen LogP contribution in [0.15, 0.2) is 0 Å². The summed E-state index contributed by atoms with van der Waals surface area (Å²) in [5.41, 5.74) is 0. The summed E-state index contributed by atoms with van der Waals surface area (Å²) < 4.78 is 0. The minimum Gasteiger partial charge on any atom is -0.303 e. The molecule has 0 aromatic heterocycles. The Labute approximate surface area is 114 Å². The molecule has 0 saturated heterocycles. The molecule has 18 heavy (non-hydrogen) atoms. The van der Waals surface area contributed by atoms with Crippen LogP contribution in [0.5, 0.6) is 0 Å².